The molecule has 1 aliphatic carbocycles. The Morgan fingerprint density at radius 1 is 1.20 bits per heavy atom. The smallest absolute Gasteiger partial charge is 0.223 e. The van der Waals surface area contributed by atoms with Crippen LogP contribution in [-0.2, 0) is 11.3 Å². The van der Waals surface area contributed by atoms with Crippen LogP contribution in [0.25, 0.3) is 0 Å². The van der Waals surface area contributed by atoms with Crippen LogP contribution in [0.4, 0.5) is 4.39 Å². The average molecular weight is 342 g/mol. The number of hydrogen-bond donors (Lipinski definition) is 1. The molecule has 1 aliphatic rings. The largest absolute Gasteiger partial charge is 0.352 e. The highest BCUT2D eigenvalue weighted by Gasteiger charge is 2.19. The van der Waals surface area contributed by atoms with Gasteiger partial charge in [0.1, 0.15) is 5.82 Å². The Kier molecular flexibility index (Phi) is 6.02. The van der Waals surface area contributed by atoms with E-state index < -0.39 is 0 Å². The van der Waals surface area contributed by atoms with Crippen LogP contribution >= 0.6 is 15.9 Å². The zero-order chi connectivity index (χ0) is 14.4. The summed E-state index contributed by atoms with van der Waals surface area (Å²) >= 11 is 3.32. The van der Waals surface area contributed by atoms with Crippen LogP contribution in [-0.4, -0.2) is 5.91 Å². The normalized spacial score (nSPS) is 17.3. The molecule has 0 heterocycles. The van der Waals surface area contributed by atoms with Crippen LogP contribution in [0.5, 0.6) is 0 Å². The SMILES string of the molecule is O=C(NCc1cc(Br)ccc1F)C1CCCCCCC1. The van der Waals surface area contributed by atoms with Crippen molar-refractivity contribution in [2.75, 3.05) is 0 Å². The topological polar surface area (TPSA) is 29.1 Å². The Morgan fingerprint density at radius 3 is 2.55 bits per heavy atom. The maximum absolute atomic E-state index is 13.6. The summed E-state index contributed by atoms with van der Waals surface area (Å²) in [6.45, 7) is 0.264. The summed E-state index contributed by atoms with van der Waals surface area (Å²) in [6, 6.07) is 4.80. The highest BCUT2D eigenvalue weighted by atomic mass is 79.9. The lowest BCUT2D eigenvalue weighted by Gasteiger charge is -2.19. The van der Waals surface area contributed by atoms with Crippen molar-refractivity contribution in [3.05, 3.63) is 34.1 Å². The molecule has 4 heteroatoms. The third kappa shape index (κ3) is 4.58. The van der Waals surface area contributed by atoms with E-state index in [1.807, 2.05) is 0 Å². The molecule has 0 unspecified atom stereocenters. The van der Waals surface area contributed by atoms with Gasteiger partial charge >= 0.3 is 0 Å². The number of amides is 1. The van der Waals surface area contributed by atoms with Gasteiger partial charge in [-0.3, -0.25) is 4.79 Å². The van der Waals surface area contributed by atoms with Gasteiger partial charge in [-0.1, -0.05) is 48.0 Å². The second kappa shape index (κ2) is 7.77. The number of carbonyl (C=O) groups excluding carboxylic acids is 1. The van der Waals surface area contributed by atoms with Gasteiger partial charge in [-0.15, -0.1) is 0 Å². The minimum absolute atomic E-state index is 0.0753. The first kappa shape index (κ1) is 15.5. The van der Waals surface area contributed by atoms with Crippen molar-refractivity contribution >= 4 is 21.8 Å². The summed E-state index contributed by atoms with van der Waals surface area (Å²) in [6.07, 6.45) is 7.93. The number of rotatable bonds is 3. The van der Waals surface area contributed by atoms with Gasteiger partial charge in [-0.25, -0.2) is 4.39 Å². The summed E-state index contributed by atoms with van der Waals surface area (Å²) < 4.78 is 14.4. The van der Waals surface area contributed by atoms with Crippen molar-refractivity contribution in [2.24, 2.45) is 5.92 Å². The molecule has 0 aromatic heterocycles. The molecule has 1 saturated carbocycles. The van der Waals surface area contributed by atoms with Gasteiger partial charge < -0.3 is 5.32 Å². The van der Waals surface area contributed by atoms with Crippen LogP contribution in [0.2, 0.25) is 0 Å². The summed E-state index contributed by atoms with van der Waals surface area (Å²) in [5.74, 6) is -0.0945. The van der Waals surface area contributed by atoms with Gasteiger partial charge in [0, 0.05) is 22.5 Å². The third-order valence-electron chi connectivity index (χ3n) is 3.94. The van der Waals surface area contributed by atoms with Crippen LogP contribution in [0.1, 0.15) is 50.5 Å². The molecule has 2 nitrogen and oxygen atoms in total. The van der Waals surface area contributed by atoms with E-state index in [9.17, 15) is 9.18 Å². The summed E-state index contributed by atoms with van der Waals surface area (Å²) in [5.41, 5.74) is 0.526. The molecule has 20 heavy (non-hydrogen) atoms. The van der Waals surface area contributed by atoms with Gasteiger partial charge in [-0.2, -0.15) is 0 Å². The Morgan fingerprint density at radius 2 is 1.85 bits per heavy atom. The minimum Gasteiger partial charge on any atom is -0.352 e. The number of hydrogen-bond acceptors (Lipinski definition) is 1. The van der Waals surface area contributed by atoms with E-state index in [1.165, 1.54) is 25.3 Å². The highest BCUT2D eigenvalue weighted by molar-refractivity contribution is 9.10. The van der Waals surface area contributed by atoms with Crippen molar-refractivity contribution in [1.29, 1.82) is 0 Å². The number of halogens is 2. The molecule has 0 aliphatic heterocycles. The number of nitrogens with one attached hydrogen (secondary N) is 1. The predicted molar refractivity (Wildman–Crippen MR) is 81.8 cm³/mol. The van der Waals surface area contributed by atoms with E-state index in [1.54, 1.807) is 12.1 Å². The van der Waals surface area contributed by atoms with Crippen LogP contribution in [0.3, 0.4) is 0 Å². The van der Waals surface area contributed by atoms with E-state index in [-0.39, 0.29) is 24.2 Å². The molecular weight excluding hydrogens is 321 g/mol. The molecule has 1 fully saturated rings. The molecule has 1 amide bonds. The molecule has 1 N–H and O–H groups in total. The molecule has 110 valence electrons. The molecule has 1 aromatic carbocycles. The standard InChI is InChI=1S/C16H21BrFNO/c17-14-8-9-15(18)13(10-14)11-19-16(20)12-6-4-2-1-3-5-7-12/h8-10,12H,1-7,11H2,(H,19,20). The molecule has 0 spiro atoms. The van der Waals surface area contributed by atoms with E-state index in [4.69, 9.17) is 0 Å². The summed E-state index contributed by atoms with van der Waals surface area (Å²) in [5, 5.41) is 2.89. The Bertz CT molecular complexity index is 456. The first-order valence-electron chi connectivity index (χ1n) is 7.38. The lowest BCUT2D eigenvalue weighted by molar-refractivity contribution is -0.125. The monoisotopic (exact) mass is 341 g/mol. The fourth-order valence-corrected chi connectivity index (χ4v) is 3.13. The van der Waals surface area contributed by atoms with E-state index in [2.05, 4.69) is 21.2 Å². The van der Waals surface area contributed by atoms with E-state index in [0.29, 0.717) is 5.56 Å². The van der Waals surface area contributed by atoms with Crippen molar-refractivity contribution < 1.29 is 9.18 Å². The maximum Gasteiger partial charge on any atom is 0.223 e. The average Bonchev–Trinajstić information content (AvgIpc) is 2.39. The van der Waals surface area contributed by atoms with Crippen molar-refractivity contribution in [3.8, 4) is 0 Å². The van der Waals surface area contributed by atoms with Crippen molar-refractivity contribution in [3.63, 3.8) is 0 Å². The molecule has 1 aromatic rings. The lowest BCUT2D eigenvalue weighted by atomic mass is 9.90. The zero-order valence-corrected chi connectivity index (χ0v) is 13.2. The molecular formula is C16H21BrFNO. The first-order chi connectivity index (χ1) is 9.66. The summed E-state index contributed by atoms with van der Waals surface area (Å²) in [7, 11) is 0. The molecule has 0 saturated heterocycles. The maximum atomic E-state index is 13.6. The zero-order valence-electron chi connectivity index (χ0n) is 11.6. The fraction of sp³-hybridized carbons (Fsp3) is 0.562. The summed E-state index contributed by atoms with van der Waals surface area (Å²) in [4.78, 5) is 12.2. The Hall–Kier alpha value is -0.900. The first-order valence-corrected chi connectivity index (χ1v) is 8.18. The van der Waals surface area contributed by atoms with Gasteiger partial charge in [-0.05, 0) is 31.0 Å². The highest BCUT2D eigenvalue weighted by Crippen LogP contribution is 2.22. The van der Waals surface area contributed by atoms with Crippen LogP contribution in [0, 0.1) is 11.7 Å². The van der Waals surface area contributed by atoms with Crippen LogP contribution in [0.15, 0.2) is 22.7 Å². The van der Waals surface area contributed by atoms with Crippen LogP contribution < -0.4 is 5.32 Å². The Balaban J connectivity index is 1.88. The van der Waals surface area contributed by atoms with Crippen molar-refractivity contribution in [2.45, 2.75) is 51.5 Å². The van der Waals surface area contributed by atoms with Gasteiger partial charge in [0.15, 0.2) is 0 Å². The molecule has 0 bridgehead atoms. The predicted octanol–water partition coefficient (Wildman–Crippen LogP) is 4.56. The third-order valence-corrected chi connectivity index (χ3v) is 4.43. The van der Waals surface area contributed by atoms with Crippen molar-refractivity contribution in [1.82, 2.24) is 5.32 Å². The number of carbonyl (C=O) groups is 1. The molecule has 0 radical (unpaired) electrons. The quantitative estimate of drug-likeness (QED) is 0.857. The van der Waals surface area contributed by atoms with E-state index >= 15 is 0 Å². The molecule has 0 atom stereocenters. The lowest BCUT2D eigenvalue weighted by Crippen LogP contribution is -2.31. The minimum atomic E-state index is -0.272. The van der Waals surface area contributed by atoms with Gasteiger partial charge in [0.05, 0.1) is 0 Å². The van der Waals surface area contributed by atoms with E-state index in [0.717, 1.165) is 30.2 Å². The second-order valence-corrected chi connectivity index (χ2v) is 6.41. The molecule has 2 rings (SSSR count). The van der Waals surface area contributed by atoms with Gasteiger partial charge in [0.25, 0.3) is 0 Å². The second-order valence-electron chi connectivity index (χ2n) is 5.50. The fourth-order valence-electron chi connectivity index (χ4n) is 2.72. The Labute approximate surface area is 128 Å². The van der Waals surface area contributed by atoms with Gasteiger partial charge in [0.2, 0.25) is 5.91 Å². The number of benzene rings is 1.